The first-order chi connectivity index (χ1) is 7.70. The van der Waals surface area contributed by atoms with E-state index in [2.05, 4.69) is 12.2 Å². The molecule has 0 bridgehead atoms. The van der Waals surface area contributed by atoms with Crippen LogP contribution in [0.3, 0.4) is 0 Å². The zero-order valence-electron chi connectivity index (χ0n) is 10.7. The molecule has 0 heterocycles. The monoisotopic (exact) mass is 260 g/mol. The summed E-state index contributed by atoms with van der Waals surface area (Å²) in [7, 11) is 0. The van der Waals surface area contributed by atoms with Crippen LogP contribution >= 0.6 is 12.4 Å². The van der Waals surface area contributed by atoms with Crippen LogP contribution in [0.25, 0.3) is 0 Å². The Balaban J connectivity index is 0.00000144. The highest BCUT2D eigenvalue weighted by atomic mass is 35.5. The van der Waals surface area contributed by atoms with Gasteiger partial charge in [-0.1, -0.05) is 19.8 Å². The SMILES string of the molecule is CCCC1CC1NC(=O)C1CCCC(N)C1.Cl. The molecule has 3 N–H and O–H groups in total. The quantitative estimate of drug-likeness (QED) is 0.815. The van der Waals surface area contributed by atoms with Crippen molar-refractivity contribution in [2.75, 3.05) is 0 Å². The lowest BCUT2D eigenvalue weighted by Crippen LogP contribution is -2.39. The lowest BCUT2D eigenvalue weighted by molar-refractivity contribution is -0.126. The van der Waals surface area contributed by atoms with Crippen molar-refractivity contribution in [1.29, 1.82) is 0 Å². The highest BCUT2D eigenvalue weighted by molar-refractivity contribution is 5.85. The molecule has 100 valence electrons. The van der Waals surface area contributed by atoms with Gasteiger partial charge in [-0.2, -0.15) is 0 Å². The molecule has 0 aromatic heterocycles. The molecule has 2 rings (SSSR count). The molecule has 0 aromatic rings. The largest absolute Gasteiger partial charge is 0.353 e. The third kappa shape index (κ3) is 4.14. The zero-order chi connectivity index (χ0) is 11.5. The lowest BCUT2D eigenvalue weighted by atomic mass is 9.85. The number of carbonyl (C=O) groups excluding carboxylic acids is 1. The van der Waals surface area contributed by atoms with Crippen molar-refractivity contribution in [3.8, 4) is 0 Å². The van der Waals surface area contributed by atoms with Gasteiger partial charge in [0.05, 0.1) is 0 Å². The minimum atomic E-state index is 0. The number of halogens is 1. The van der Waals surface area contributed by atoms with Gasteiger partial charge in [0.25, 0.3) is 0 Å². The molecule has 0 aromatic carbocycles. The van der Waals surface area contributed by atoms with E-state index in [4.69, 9.17) is 5.73 Å². The zero-order valence-corrected chi connectivity index (χ0v) is 11.5. The molecule has 0 saturated heterocycles. The van der Waals surface area contributed by atoms with Gasteiger partial charge in [0, 0.05) is 18.0 Å². The standard InChI is InChI=1S/C13H24N2O.ClH/c1-2-4-9-8-12(9)15-13(16)10-5-3-6-11(14)7-10;/h9-12H,2-8,14H2,1H3,(H,15,16);1H. The van der Waals surface area contributed by atoms with E-state index in [9.17, 15) is 4.79 Å². The third-order valence-corrected chi connectivity index (χ3v) is 4.00. The Kier molecular flexibility index (Phi) is 5.74. The van der Waals surface area contributed by atoms with Crippen molar-refractivity contribution in [2.45, 2.75) is 64.0 Å². The number of carbonyl (C=O) groups is 1. The molecule has 0 radical (unpaired) electrons. The first kappa shape index (κ1) is 14.8. The first-order valence-electron chi connectivity index (χ1n) is 6.76. The maximum atomic E-state index is 12.0. The molecule has 2 aliphatic rings. The average Bonchev–Trinajstić information content (AvgIpc) is 2.97. The summed E-state index contributed by atoms with van der Waals surface area (Å²) in [5, 5.41) is 3.18. The minimum absolute atomic E-state index is 0. The van der Waals surface area contributed by atoms with E-state index in [-0.39, 0.29) is 30.3 Å². The number of nitrogens with two attached hydrogens (primary N) is 1. The van der Waals surface area contributed by atoms with E-state index in [0.717, 1.165) is 31.6 Å². The van der Waals surface area contributed by atoms with Crippen LogP contribution in [0.2, 0.25) is 0 Å². The Morgan fingerprint density at radius 3 is 2.76 bits per heavy atom. The van der Waals surface area contributed by atoms with Crippen LogP contribution in [0.15, 0.2) is 0 Å². The van der Waals surface area contributed by atoms with Crippen molar-refractivity contribution in [3.63, 3.8) is 0 Å². The Morgan fingerprint density at radius 1 is 1.35 bits per heavy atom. The van der Waals surface area contributed by atoms with Gasteiger partial charge in [0.2, 0.25) is 5.91 Å². The summed E-state index contributed by atoms with van der Waals surface area (Å²) in [5.74, 6) is 1.21. The van der Waals surface area contributed by atoms with Gasteiger partial charge in [0.15, 0.2) is 0 Å². The minimum Gasteiger partial charge on any atom is -0.353 e. The van der Waals surface area contributed by atoms with Gasteiger partial charge in [-0.15, -0.1) is 12.4 Å². The normalized spacial score (nSPS) is 35.9. The second kappa shape index (κ2) is 6.60. The van der Waals surface area contributed by atoms with E-state index >= 15 is 0 Å². The number of rotatable bonds is 4. The summed E-state index contributed by atoms with van der Waals surface area (Å²) in [4.78, 5) is 12.0. The maximum absolute atomic E-state index is 12.0. The van der Waals surface area contributed by atoms with Gasteiger partial charge < -0.3 is 11.1 Å². The Hall–Kier alpha value is -0.280. The van der Waals surface area contributed by atoms with Gasteiger partial charge in [-0.3, -0.25) is 4.79 Å². The lowest BCUT2D eigenvalue weighted by Gasteiger charge is -2.25. The number of hydrogen-bond acceptors (Lipinski definition) is 2. The molecule has 1 amide bonds. The summed E-state index contributed by atoms with van der Waals surface area (Å²) < 4.78 is 0. The Morgan fingerprint density at radius 2 is 2.12 bits per heavy atom. The molecule has 2 saturated carbocycles. The Bertz CT molecular complexity index is 260. The van der Waals surface area contributed by atoms with Crippen LogP contribution in [0.5, 0.6) is 0 Å². The number of amides is 1. The van der Waals surface area contributed by atoms with Crippen molar-refractivity contribution in [2.24, 2.45) is 17.6 Å². The third-order valence-electron chi connectivity index (χ3n) is 4.00. The van der Waals surface area contributed by atoms with Crippen molar-refractivity contribution < 1.29 is 4.79 Å². The summed E-state index contributed by atoms with van der Waals surface area (Å²) in [5.41, 5.74) is 5.90. The molecule has 4 unspecified atom stereocenters. The van der Waals surface area contributed by atoms with Gasteiger partial charge in [0.1, 0.15) is 0 Å². The fourth-order valence-corrected chi connectivity index (χ4v) is 2.88. The van der Waals surface area contributed by atoms with E-state index in [1.54, 1.807) is 0 Å². The Labute approximate surface area is 110 Å². The van der Waals surface area contributed by atoms with E-state index in [1.165, 1.54) is 19.3 Å². The average molecular weight is 261 g/mol. The van der Waals surface area contributed by atoms with Crippen molar-refractivity contribution >= 4 is 18.3 Å². The number of hydrogen-bond donors (Lipinski definition) is 2. The highest BCUT2D eigenvalue weighted by Gasteiger charge is 2.38. The molecule has 0 aliphatic heterocycles. The van der Waals surface area contributed by atoms with Gasteiger partial charge in [-0.25, -0.2) is 0 Å². The molecule has 3 nitrogen and oxygen atoms in total. The first-order valence-corrected chi connectivity index (χ1v) is 6.76. The predicted octanol–water partition coefficient (Wildman–Crippen LogP) is 2.23. The molecular weight excluding hydrogens is 236 g/mol. The fourth-order valence-electron chi connectivity index (χ4n) is 2.88. The maximum Gasteiger partial charge on any atom is 0.223 e. The molecule has 2 fully saturated rings. The second-order valence-electron chi connectivity index (χ2n) is 5.52. The van der Waals surface area contributed by atoms with E-state index in [1.807, 2.05) is 0 Å². The molecule has 0 spiro atoms. The highest BCUT2D eigenvalue weighted by Crippen LogP contribution is 2.35. The van der Waals surface area contributed by atoms with Crippen LogP contribution < -0.4 is 11.1 Å². The summed E-state index contributed by atoms with van der Waals surface area (Å²) in [6.45, 7) is 2.21. The van der Waals surface area contributed by atoms with Crippen LogP contribution in [-0.2, 0) is 4.79 Å². The van der Waals surface area contributed by atoms with E-state index < -0.39 is 0 Å². The summed E-state index contributed by atoms with van der Waals surface area (Å²) in [6, 6.07) is 0.723. The molecular formula is C13H25ClN2O. The van der Waals surface area contributed by atoms with Crippen LogP contribution in [-0.4, -0.2) is 18.0 Å². The fraction of sp³-hybridized carbons (Fsp3) is 0.923. The van der Waals surface area contributed by atoms with Crippen molar-refractivity contribution in [1.82, 2.24) is 5.32 Å². The number of nitrogens with one attached hydrogen (secondary N) is 1. The molecule has 17 heavy (non-hydrogen) atoms. The van der Waals surface area contributed by atoms with Gasteiger partial charge >= 0.3 is 0 Å². The molecule has 2 aliphatic carbocycles. The van der Waals surface area contributed by atoms with Crippen molar-refractivity contribution in [3.05, 3.63) is 0 Å². The summed E-state index contributed by atoms with van der Waals surface area (Å²) >= 11 is 0. The van der Waals surface area contributed by atoms with Crippen LogP contribution in [0.4, 0.5) is 0 Å². The molecule has 4 atom stereocenters. The summed E-state index contributed by atoms with van der Waals surface area (Å²) in [6.07, 6.45) is 7.80. The topological polar surface area (TPSA) is 55.1 Å². The second-order valence-corrected chi connectivity index (χ2v) is 5.52. The molecule has 4 heteroatoms. The predicted molar refractivity (Wildman–Crippen MR) is 72.1 cm³/mol. The van der Waals surface area contributed by atoms with Gasteiger partial charge in [-0.05, 0) is 38.0 Å². The smallest absolute Gasteiger partial charge is 0.223 e. The van der Waals surface area contributed by atoms with Crippen LogP contribution in [0, 0.1) is 11.8 Å². The van der Waals surface area contributed by atoms with Crippen LogP contribution in [0.1, 0.15) is 51.9 Å². The van der Waals surface area contributed by atoms with E-state index in [0.29, 0.717) is 6.04 Å².